The summed E-state index contributed by atoms with van der Waals surface area (Å²) in [6.07, 6.45) is 1.42. The zero-order valence-electron chi connectivity index (χ0n) is 12.3. The molecule has 0 saturated heterocycles. The van der Waals surface area contributed by atoms with Crippen LogP contribution < -0.4 is 4.31 Å². The fraction of sp³-hybridized carbons (Fsp3) is 0.125. The van der Waals surface area contributed by atoms with Gasteiger partial charge in [-0.05, 0) is 24.4 Å². The number of benzene rings is 1. The fourth-order valence-electron chi connectivity index (χ4n) is 2.76. The predicted octanol–water partition coefficient (Wildman–Crippen LogP) is 3.40. The fourth-order valence-corrected chi connectivity index (χ4v) is 5.00. The van der Waals surface area contributed by atoms with Gasteiger partial charge in [-0.15, -0.1) is 11.3 Å². The molecular formula is C16H13N3O2S2. The number of fused-ring (bicyclic) bond motifs is 3. The first-order chi connectivity index (χ1) is 11.1. The molecule has 3 aromatic rings. The first-order valence-corrected chi connectivity index (χ1v) is 9.48. The molecule has 5 nitrogen and oxygen atoms in total. The van der Waals surface area contributed by atoms with Gasteiger partial charge in [0.25, 0.3) is 10.0 Å². The van der Waals surface area contributed by atoms with Crippen LogP contribution in [0.3, 0.4) is 0 Å². The number of thiophene rings is 1. The molecule has 116 valence electrons. The summed E-state index contributed by atoms with van der Waals surface area (Å²) in [5.74, 6) is 0.550. The molecule has 0 unspecified atom stereocenters. The molecule has 1 aliphatic heterocycles. The summed E-state index contributed by atoms with van der Waals surface area (Å²) in [7, 11) is -3.62. The van der Waals surface area contributed by atoms with Gasteiger partial charge in [0, 0.05) is 12.1 Å². The maximum Gasteiger partial charge on any atom is 0.268 e. The Hall–Kier alpha value is -2.25. The molecule has 0 spiro atoms. The van der Waals surface area contributed by atoms with Crippen molar-refractivity contribution < 1.29 is 8.42 Å². The minimum absolute atomic E-state index is 0.165. The Morgan fingerprint density at radius 3 is 2.74 bits per heavy atom. The molecule has 7 heteroatoms. The number of para-hydroxylation sites is 1. The lowest BCUT2D eigenvalue weighted by Crippen LogP contribution is -2.34. The molecule has 1 aliphatic rings. The average molecular weight is 343 g/mol. The molecule has 4 rings (SSSR count). The number of aromatic nitrogens is 2. The molecule has 0 radical (unpaired) electrons. The van der Waals surface area contributed by atoms with Crippen molar-refractivity contribution in [1.82, 2.24) is 9.97 Å². The zero-order chi connectivity index (χ0) is 16.0. The second kappa shape index (κ2) is 5.14. The van der Waals surface area contributed by atoms with Crippen LogP contribution >= 0.6 is 11.3 Å². The normalized spacial score (nSPS) is 15.1. The molecule has 0 saturated carbocycles. The second-order valence-corrected chi connectivity index (χ2v) is 7.85. The highest BCUT2D eigenvalue weighted by Crippen LogP contribution is 2.42. The highest BCUT2D eigenvalue weighted by molar-refractivity contribution is 7.93. The number of rotatable bonds is 2. The molecule has 0 N–H and O–H groups in total. The van der Waals surface area contributed by atoms with Gasteiger partial charge in [0.05, 0.1) is 22.5 Å². The summed E-state index contributed by atoms with van der Waals surface area (Å²) >= 11 is 1.53. The maximum atomic E-state index is 12.8. The quantitative estimate of drug-likeness (QED) is 0.715. The van der Waals surface area contributed by atoms with Gasteiger partial charge in [-0.2, -0.15) is 0 Å². The summed E-state index contributed by atoms with van der Waals surface area (Å²) in [5, 5.41) is 1.95. The zero-order valence-corrected chi connectivity index (χ0v) is 13.9. The summed E-state index contributed by atoms with van der Waals surface area (Å²) in [5.41, 5.74) is 1.96. The number of anilines is 1. The van der Waals surface area contributed by atoms with E-state index in [1.807, 2.05) is 48.7 Å². The third-order valence-corrected chi connectivity index (χ3v) is 6.54. The van der Waals surface area contributed by atoms with E-state index in [1.165, 1.54) is 21.8 Å². The molecule has 1 aromatic carbocycles. The molecule has 0 amide bonds. The first kappa shape index (κ1) is 14.3. The topological polar surface area (TPSA) is 63.2 Å². The molecule has 3 heterocycles. The molecule has 0 bridgehead atoms. The Kier molecular flexibility index (Phi) is 3.21. The van der Waals surface area contributed by atoms with Crippen molar-refractivity contribution in [3.05, 3.63) is 48.0 Å². The van der Waals surface area contributed by atoms with Crippen LogP contribution in [0.5, 0.6) is 0 Å². The monoisotopic (exact) mass is 343 g/mol. The summed E-state index contributed by atoms with van der Waals surface area (Å²) < 4.78 is 27.1. The van der Waals surface area contributed by atoms with Gasteiger partial charge in [0.1, 0.15) is 4.90 Å². The van der Waals surface area contributed by atoms with E-state index in [9.17, 15) is 8.42 Å². The maximum absolute atomic E-state index is 12.8. The minimum Gasteiger partial charge on any atom is -0.266 e. The molecular weight excluding hydrogens is 330 g/mol. The van der Waals surface area contributed by atoms with Crippen LogP contribution in [-0.4, -0.2) is 24.9 Å². The summed E-state index contributed by atoms with van der Waals surface area (Å²) in [4.78, 5) is 9.90. The van der Waals surface area contributed by atoms with Gasteiger partial charge >= 0.3 is 0 Å². The van der Waals surface area contributed by atoms with Crippen molar-refractivity contribution in [3.8, 4) is 22.0 Å². The molecule has 0 atom stereocenters. The Balaban J connectivity index is 2.03. The van der Waals surface area contributed by atoms with E-state index in [1.54, 1.807) is 0 Å². The lowest BCUT2D eigenvalue weighted by atomic mass is 10.1. The second-order valence-electron chi connectivity index (χ2n) is 5.07. The van der Waals surface area contributed by atoms with Crippen LogP contribution in [0.25, 0.3) is 22.0 Å². The Bertz CT molecular complexity index is 982. The number of hydrogen-bond acceptors (Lipinski definition) is 5. The molecule has 23 heavy (non-hydrogen) atoms. The van der Waals surface area contributed by atoms with E-state index in [4.69, 9.17) is 0 Å². The highest BCUT2D eigenvalue weighted by Gasteiger charge is 2.35. The number of nitrogens with zero attached hydrogens (tertiary/aromatic N) is 3. The van der Waals surface area contributed by atoms with Gasteiger partial charge < -0.3 is 0 Å². The van der Waals surface area contributed by atoms with Crippen LogP contribution in [-0.2, 0) is 10.0 Å². The van der Waals surface area contributed by atoms with Crippen molar-refractivity contribution in [1.29, 1.82) is 0 Å². The van der Waals surface area contributed by atoms with Gasteiger partial charge in [-0.3, -0.25) is 4.31 Å². The van der Waals surface area contributed by atoms with Gasteiger partial charge in [-0.25, -0.2) is 18.4 Å². The van der Waals surface area contributed by atoms with Crippen LogP contribution in [0.15, 0.2) is 52.9 Å². The van der Waals surface area contributed by atoms with E-state index in [0.717, 1.165) is 10.4 Å². The van der Waals surface area contributed by atoms with Crippen molar-refractivity contribution in [2.75, 3.05) is 10.8 Å². The standard InChI is InChI=1S/C16H13N3O2S2/c1-2-19-12-7-4-3-6-11(12)15-14(23(19,20)21)10-17-16(18-15)13-8-5-9-22-13/h3-10H,2H2,1H3. The largest absolute Gasteiger partial charge is 0.268 e. The highest BCUT2D eigenvalue weighted by atomic mass is 32.2. The summed E-state index contributed by atoms with van der Waals surface area (Å²) in [6.45, 7) is 2.19. The lowest BCUT2D eigenvalue weighted by molar-refractivity contribution is 0.590. The van der Waals surface area contributed by atoms with E-state index < -0.39 is 10.0 Å². The van der Waals surface area contributed by atoms with Crippen molar-refractivity contribution in [2.45, 2.75) is 11.8 Å². The Labute approximate surface area is 138 Å². The molecule has 2 aromatic heterocycles. The molecule has 0 fully saturated rings. The van der Waals surface area contributed by atoms with Crippen molar-refractivity contribution >= 4 is 27.0 Å². The van der Waals surface area contributed by atoms with E-state index in [-0.39, 0.29) is 4.90 Å². The predicted molar refractivity (Wildman–Crippen MR) is 91.0 cm³/mol. The SMILES string of the molecule is CCN1c2ccccc2-c2nc(-c3cccs3)ncc2S1(=O)=O. The lowest BCUT2D eigenvalue weighted by Gasteiger charge is -2.30. The number of sulfonamides is 1. The van der Waals surface area contributed by atoms with E-state index >= 15 is 0 Å². The van der Waals surface area contributed by atoms with Crippen molar-refractivity contribution in [3.63, 3.8) is 0 Å². The van der Waals surface area contributed by atoms with E-state index in [2.05, 4.69) is 9.97 Å². The molecule has 0 aliphatic carbocycles. The first-order valence-electron chi connectivity index (χ1n) is 7.16. The van der Waals surface area contributed by atoms with E-state index in [0.29, 0.717) is 23.8 Å². The van der Waals surface area contributed by atoms with Gasteiger partial charge in [-0.1, -0.05) is 24.3 Å². The Morgan fingerprint density at radius 2 is 2.00 bits per heavy atom. The van der Waals surface area contributed by atoms with Gasteiger partial charge in [0.2, 0.25) is 0 Å². The van der Waals surface area contributed by atoms with Crippen molar-refractivity contribution in [2.24, 2.45) is 0 Å². The number of hydrogen-bond donors (Lipinski definition) is 0. The average Bonchev–Trinajstić information content (AvgIpc) is 3.09. The van der Waals surface area contributed by atoms with Gasteiger partial charge in [0.15, 0.2) is 5.82 Å². The minimum atomic E-state index is -3.62. The Morgan fingerprint density at radius 1 is 1.17 bits per heavy atom. The van der Waals surface area contributed by atoms with Crippen LogP contribution in [0.4, 0.5) is 5.69 Å². The third-order valence-electron chi connectivity index (χ3n) is 3.78. The smallest absolute Gasteiger partial charge is 0.266 e. The van der Waals surface area contributed by atoms with Crippen LogP contribution in [0.1, 0.15) is 6.92 Å². The van der Waals surface area contributed by atoms with Crippen LogP contribution in [0, 0.1) is 0 Å². The summed E-state index contributed by atoms with van der Waals surface area (Å²) in [6, 6.07) is 11.3. The third kappa shape index (κ3) is 2.08. The van der Waals surface area contributed by atoms with Crippen LogP contribution in [0.2, 0.25) is 0 Å².